The Morgan fingerprint density at radius 3 is 3.04 bits per heavy atom. The molecule has 3 heterocycles. The molecule has 3 rings (SSSR count). The molecule has 2 fully saturated rings. The summed E-state index contributed by atoms with van der Waals surface area (Å²) < 4.78 is 35.0. The number of anilines is 1. The van der Waals surface area contributed by atoms with Crippen LogP contribution in [0.25, 0.3) is 0 Å². The molecule has 0 bridgehead atoms. The van der Waals surface area contributed by atoms with Crippen LogP contribution in [0.3, 0.4) is 0 Å². The minimum absolute atomic E-state index is 0.0604. The van der Waals surface area contributed by atoms with E-state index in [1.807, 2.05) is 0 Å². The van der Waals surface area contributed by atoms with Gasteiger partial charge in [0.15, 0.2) is 6.61 Å². The fraction of sp³-hybridized carbons (Fsp3) is 0.625. The maximum atomic E-state index is 12.5. The van der Waals surface area contributed by atoms with Crippen LogP contribution in [0.5, 0.6) is 5.88 Å². The van der Waals surface area contributed by atoms with E-state index < -0.39 is 13.0 Å². The molecule has 132 valence electrons. The Balaban J connectivity index is 1.60. The number of nitrogens with one attached hydrogen (secondary N) is 1. The van der Waals surface area contributed by atoms with Gasteiger partial charge >= 0.3 is 6.03 Å². The molecule has 0 spiro atoms. The molecule has 0 aromatic carbocycles. The van der Waals surface area contributed by atoms with E-state index in [9.17, 15) is 13.6 Å². The van der Waals surface area contributed by atoms with Crippen molar-refractivity contribution < 1.29 is 23.0 Å². The third-order valence-electron chi connectivity index (χ3n) is 4.27. The Morgan fingerprint density at radius 1 is 1.42 bits per heavy atom. The molecule has 2 aliphatic heterocycles. The predicted octanol–water partition coefficient (Wildman–Crippen LogP) is 2.90. The molecule has 2 atom stereocenters. The summed E-state index contributed by atoms with van der Waals surface area (Å²) in [5, 5.41) is 2.72. The largest absolute Gasteiger partial charge is 0.472 e. The van der Waals surface area contributed by atoms with Gasteiger partial charge in [-0.1, -0.05) is 6.07 Å². The number of likely N-dealkylation sites (tertiary alicyclic amines) is 1. The van der Waals surface area contributed by atoms with Crippen LogP contribution in [0, 0.1) is 0 Å². The highest BCUT2D eigenvalue weighted by Crippen LogP contribution is 2.28. The summed E-state index contributed by atoms with van der Waals surface area (Å²) in [4.78, 5) is 18.3. The number of hydrogen-bond acceptors (Lipinski definition) is 4. The lowest BCUT2D eigenvalue weighted by atomic mass is 10.1. The highest BCUT2D eigenvalue weighted by atomic mass is 19.3. The number of halogens is 2. The second-order valence-corrected chi connectivity index (χ2v) is 5.95. The summed E-state index contributed by atoms with van der Waals surface area (Å²) in [5.41, 5.74) is 0. The van der Waals surface area contributed by atoms with E-state index in [0.29, 0.717) is 6.54 Å². The second kappa shape index (κ2) is 7.74. The van der Waals surface area contributed by atoms with Crippen LogP contribution in [0.2, 0.25) is 0 Å². The number of aromatic nitrogens is 1. The molecule has 24 heavy (non-hydrogen) atoms. The van der Waals surface area contributed by atoms with Crippen molar-refractivity contribution in [3.8, 4) is 5.88 Å². The molecule has 1 aromatic rings. The third kappa shape index (κ3) is 4.11. The number of rotatable bonds is 5. The molecule has 0 aliphatic carbocycles. The fourth-order valence-corrected chi connectivity index (χ4v) is 3.23. The molecule has 1 aromatic heterocycles. The average Bonchev–Trinajstić information content (AvgIpc) is 3.23. The Labute approximate surface area is 139 Å². The van der Waals surface area contributed by atoms with Crippen molar-refractivity contribution >= 4 is 11.8 Å². The molecule has 0 unspecified atom stereocenters. The summed E-state index contributed by atoms with van der Waals surface area (Å²) in [6, 6.07) is 4.52. The van der Waals surface area contributed by atoms with Gasteiger partial charge in [-0.2, -0.15) is 4.98 Å². The number of pyridine rings is 1. The highest BCUT2D eigenvalue weighted by molar-refractivity contribution is 5.88. The van der Waals surface area contributed by atoms with Gasteiger partial charge in [-0.05, 0) is 31.7 Å². The summed E-state index contributed by atoms with van der Waals surface area (Å²) in [7, 11) is 0. The first-order chi connectivity index (χ1) is 11.6. The molecule has 8 heteroatoms. The normalized spacial score (nSPS) is 23.7. The van der Waals surface area contributed by atoms with Crippen molar-refractivity contribution in [2.24, 2.45) is 0 Å². The van der Waals surface area contributed by atoms with E-state index in [0.717, 1.165) is 32.3 Å². The summed E-state index contributed by atoms with van der Waals surface area (Å²) in [5.74, 6) is 0.343. The molecule has 2 amide bonds. The monoisotopic (exact) mass is 341 g/mol. The van der Waals surface area contributed by atoms with E-state index in [1.165, 1.54) is 6.07 Å². The molecule has 6 nitrogen and oxygen atoms in total. The van der Waals surface area contributed by atoms with Gasteiger partial charge in [0.05, 0.1) is 12.1 Å². The Morgan fingerprint density at radius 2 is 2.29 bits per heavy atom. The zero-order valence-corrected chi connectivity index (χ0v) is 13.3. The number of amides is 2. The van der Waals surface area contributed by atoms with Crippen molar-refractivity contribution in [2.45, 2.75) is 44.3 Å². The Hall–Kier alpha value is -1.96. The van der Waals surface area contributed by atoms with E-state index in [4.69, 9.17) is 9.47 Å². The van der Waals surface area contributed by atoms with Gasteiger partial charge in [0, 0.05) is 19.2 Å². The van der Waals surface area contributed by atoms with Crippen molar-refractivity contribution in [1.29, 1.82) is 0 Å². The highest BCUT2D eigenvalue weighted by Gasteiger charge is 2.36. The number of nitrogens with zero attached hydrogens (tertiary/aromatic N) is 2. The van der Waals surface area contributed by atoms with Crippen LogP contribution in [0.1, 0.15) is 25.7 Å². The molecule has 0 saturated carbocycles. The molecule has 2 saturated heterocycles. The van der Waals surface area contributed by atoms with E-state index >= 15 is 0 Å². The maximum absolute atomic E-state index is 12.5. The van der Waals surface area contributed by atoms with Crippen LogP contribution in [-0.2, 0) is 4.74 Å². The van der Waals surface area contributed by atoms with Gasteiger partial charge < -0.3 is 14.4 Å². The SMILES string of the molecule is O=C(Nc1cccc(OCC(F)F)n1)N1CCC[C@H]1[C@@H]1CCCO1. The van der Waals surface area contributed by atoms with E-state index in [2.05, 4.69) is 10.3 Å². The summed E-state index contributed by atoms with van der Waals surface area (Å²) in [6.45, 7) is 0.706. The smallest absolute Gasteiger partial charge is 0.323 e. The first-order valence-electron chi connectivity index (χ1n) is 8.21. The molecular weight excluding hydrogens is 320 g/mol. The van der Waals surface area contributed by atoms with Crippen LogP contribution in [-0.4, -0.2) is 54.2 Å². The van der Waals surface area contributed by atoms with Gasteiger partial charge in [-0.3, -0.25) is 5.32 Å². The van der Waals surface area contributed by atoms with E-state index in [-0.39, 0.29) is 29.9 Å². The molecular formula is C16H21F2N3O3. The average molecular weight is 341 g/mol. The number of alkyl halides is 2. The lowest BCUT2D eigenvalue weighted by Crippen LogP contribution is -2.44. The van der Waals surface area contributed by atoms with Gasteiger partial charge in [-0.25, -0.2) is 13.6 Å². The van der Waals surface area contributed by atoms with Crippen molar-refractivity contribution in [1.82, 2.24) is 9.88 Å². The maximum Gasteiger partial charge on any atom is 0.323 e. The minimum Gasteiger partial charge on any atom is -0.472 e. The number of ether oxygens (including phenoxy) is 2. The number of hydrogen-bond donors (Lipinski definition) is 1. The Bertz CT molecular complexity index is 567. The van der Waals surface area contributed by atoms with Gasteiger partial charge in [-0.15, -0.1) is 0 Å². The summed E-state index contributed by atoms with van der Waals surface area (Å²) in [6.07, 6.45) is 1.42. The first-order valence-corrected chi connectivity index (χ1v) is 8.21. The van der Waals surface area contributed by atoms with Crippen LogP contribution in [0.4, 0.5) is 19.4 Å². The second-order valence-electron chi connectivity index (χ2n) is 5.95. The lowest BCUT2D eigenvalue weighted by Gasteiger charge is -2.28. The van der Waals surface area contributed by atoms with Crippen molar-refractivity contribution in [2.75, 3.05) is 25.1 Å². The number of carbonyl (C=O) groups is 1. The number of carbonyl (C=O) groups excluding carboxylic acids is 1. The van der Waals surface area contributed by atoms with E-state index in [1.54, 1.807) is 17.0 Å². The van der Waals surface area contributed by atoms with Crippen LogP contribution in [0.15, 0.2) is 18.2 Å². The first kappa shape index (κ1) is 16.9. The van der Waals surface area contributed by atoms with Crippen LogP contribution >= 0.6 is 0 Å². The van der Waals surface area contributed by atoms with Crippen molar-refractivity contribution in [3.63, 3.8) is 0 Å². The van der Waals surface area contributed by atoms with Gasteiger partial charge in [0.1, 0.15) is 5.82 Å². The zero-order chi connectivity index (χ0) is 16.9. The number of urea groups is 1. The van der Waals surface area contributed by atoms with Gasteiger partial charge in [0.2, 0.25) is 5.88 Å². The van der Waals surface area contributed by atoms with Gasteiger partial charge in [0.25, 0.3) is 6.43 Å². The standard InChI is InChI=1S/C16H21F2N3O3/c17-13(18)10-24-15-7-1-6-14(19-15)20-16(22)21-8-2-4-11(21)12-5-3-9-23-12/h1,6-7,11-13H,2-5,8-10H2,(H,19,20,22)/t11-,12-/m0/s1. The minimum atomic E-state index is -2.57. The quantitative estimate of drug-likeness (QED) is 0.894. The molecule has 2 aliphatic rings. The zero-order valence-electron chi connectivity index (χ0n) is 13.3. The fourth-order valence-electron chi connectivity index (χ4n) is 3.23. The lowest BCUT2D eigenvalue weighted by molar-refractivity contribution is 0.0542. The molecule has 0 radical (unpaired) electrons. The predicted molar refractivity (Wildman–Crippen MR) is 83.5 cm³/mol. The topological polar surface area (TPSA) is 63.7 Å². The summed E-state index contributed by atoms with van der Waals surface area (Å²) >= 11 is 0. The molecule has 1 N–H and O–H groups in total. The van der Waals surface area contributed by atoms with Crippen LogP contribution < -0.4 is 10.1 Å². The third-order valence-corrected chi connectivity index (χ3v) is 4.27. The van der Waals surface area contributed by atoms with Crippen molar-refractivity contribution in [3.05, 3.63) is 18.2 Å². The Kier molecular flexibility index (Phi) is 5.44.